The summed E-state index contributed by atoms with van der Waals surface area (Å²) in [5, 5.41) is 22.1. The number of hydrogen-bond donors (Lipinski definition) is 0. The first-order valence-corrected chi connectivity index (χ1v) is 14.3. The molecule has 4 rings (SSSR count). The monoisotopic (exact) mass is 530 g/mol. The highest BCUT2D eigenvalue weighted by Crippen LogP contribution is 2.47. The van der Waals surface area contributed by atoms with Crippen LogP contribution in [0.1, 0.15) is 50.0 Å². The van der Waals surface area contributed by atoms with E-state index in [1.165, 1.54) is 24.6 Å². The molecule has 3 heterocycles. The maximum atomic E-state index is 10.4. The molecule has 2 fully saturated rings. The SMILES string of the molecule is CN(C)C(=NC1=C(C#N)C(c2ccccc2)C(C#N)=C(N=C(N(C)C)N2CCCCC2)S1)N1CCCCC1. The predicted molar refractivity (Wildman–Crippen MR) is 155 cm³/mol. The summed E-state index contributed by atoms with van der Waals surface area (Å²) >= 11 is 1.35. The summed E-state index contributed by atoms with van der Waals surface area (Å²) in [6.45, 7) is 3.79. The smallest absolute Gasteiger partial charge is 0.201 e. The van der Waals surface area contributed by atoms with Crippen LogP contribution in [-0.2, 0) is 0 Å². The van der Waals surface area contributed by atoms with Crippen molar-refractivity contribution in [3.63, 3.8) is 0 Å². The van der Waals surface area contributed by atoms with Crippen molar-refractivity contribution in [1.82, 2.24) is 19.6 Å². The Morgan fingerprint density at radius 1 is 0.737 bits per heavy atom. The Morgan fingerprint density at radius 2 is 1.16 bits per heavy atom. The Kier molecular flexibility index (Phi) is 9.36. The standard InChI is InChI=1S/C29H38N8S/c1-34(2)28(36-16-10-6-11-17-36)32-26-23(20-30)25(22-14-8-5-9-15-22)24(21-31)27(38-26)33-29(35(3)4)37-18-12-7-13-19-37/h5,8-9,14-15,25H,6-7,10-13,16-19H2,1-4H3. The molecule has 0 spiro atoms. The van der Waals surface area contributed by atoms with Gasteiger partial charge in [-0.15, -0.1) is 0 Å². The number of aliphatic imine (C=N–C) groups is 2. The van der Waals surface area contributed by atoms with E-state index in [1.807, 2.05) is 68.3 Å². The first-order valence-electron chi connectivity index (χ1n) is 13.5. The van der Waals surface area contributed by atoms with Crippen LogP contribution >= 0.6 is 11.8 Å². The van der Waals surface area contributed by atoms with Crippen molar-refractivity contribution in [2.45, 2.75) is 44.4 Å². The van der Waals surface area contributed by atoms with Crippen LogP contribution in [-0.4, -0.2) is 85.9 Å². The van der Waals surface area contributed by atoms with Crippen molar-refractivity contribution in [3.05, 3.63) is 57.1 Å². The van der Waals surface area contributed by atoms with E-state index >= 15 is 0 Å². The second kappa shape index (κ2) is 12.9. The molecule has 1 aromatic rings. The molecule has 0 N–H and O–H groups in total. The molecular weight excluding hydrogens is 492 g/mol. The topological polar surface area (TPSA) is 85.3 Å². The molecule has 3 aliphatic rings. The van der Waals surface area contributed by atoms with Crippen LogP contribution in [0.25, 0.3) is 0 Å². The third-order valence-electron chi connectivity index (χ3n) is 7.09. The number of thioether (sulfide) groups is 1. The van der Waals surface area contributed by atoms with Crippen molar-refractivity contribution in [2.75, 3.05) is 54.4 Å². The summed E-state index contributed by atoms with van der Waals surface area (Å²) in [6, 6.07) is 14.7. The predicted octanol–water partition coefficient (Wildman–Crippen LogP) is 4.79. The van der Waals surface area contributed by atoms with Crippen molar-refractivity contribution in [2.24, 2.45) is 9.98 Å². The van der Waals surface area contributed by atoms with Gasteiger partial charge in [-0.2, -0.15) is 10.5 Å². The van der Waals surface area contributed by atoms with Crippen molar-refractivity contribution < 1.29 is 0 Å². The van der Waals surface area contributed by atoms with Gasteiger partial charge in [-0.05, 0) is 55.9 Å². The molecule has 38 heavy (non-hydrogen) atoms. The van der Waals surface area contributed by atoms with Gasteiger partial charge < -0.3 is 19.6 Å². The summed E-state index contributed by atoms with van der Waals surface area (Å²) < 4.78 is 0. The van der Waals surface area contributed by atoms with Crippen molar-refractivity contribution >= 4 is 23.7 Å². The van der Waals surface area contributed by atoms with E-state index in [4.69, 9.17) is 9.98 Å². The van der Waals surface area contributed by atoms with Crippen molar-refractivity contribution in [1.29, 1.82) is 10.5 Å². The zero-order chi connectivity index (χ0) is 27.1. The van der Waals surface area contributed by atoms with Crippen LogP contribution in [0.3, 0.4) is 0 Å². The van der Waals surface area contributed by atoms with Crippen LogP contribution in [0.4, 0.5) is 0 Å². The Morgan fingerprint density at radius 3 is 1.53 bits per heavy atom. The zero-order valence-corrected chi connectivity index (χ0v) is 23.8. The van der Waals surface area contributed by atoms with Gasteiger partial charge in [-0.25, -0.2) is 9.98 Å². The summed E-state index contributed by atoms with van der Waals surface area (Å²) in [5.41, 5.74) is 1.89. The average molecular weight is 531 g/mol. The number of nitriles is 2. The Balaban J connectivity index is 1.88. The summed E-state index contributed by atoms with van der Waals surface area (Å²) in [4.78, 5) is 18.9. The molecule has 0 aliphatic carbocycles. The number of nitrogens with zero attached hydrogens (tertiary/aromatic N) is 8. The first-order chi connectivity index (χ1) is 18.4. The molecule has 9 heteroatoms. The summed E-state index contributed by atoms with van der Waals surface area (Å²) in [5.74, 6) is 1.18. The van der Waals surface area contributed by atoms with E-state index in [9.17, 15) is 10.5 Å². The molecular formula is C29H38N8S. The van der Waals surface area contributed by atoms with E-state index in [-0.39, 0.29) is 0 Å². The number of likely N-dealkylation sites (tertiary alicyclic amines) is 2. The third-order valence-corrected chi connectivity index (χ3v) is 8.10. The normalized spacial score (nSPS) is 21.3. The minimum Gasteiger partial charge on any atom is -0.349 e. The summed E-state index contributed by atoms with van der Waals surface area (Å²) in [7, 11) is 7.99. The Labute approximate surface area is 231 Å². The lowest BCUT2D eigenvalue weighted by molar-refractivity contribution is 0.309. The number of piperidine rings is 2. The molecule has 0 amide bonds. The number of allylic oxidation sites excluding steroid dienone is 2. The lowest BCUT2D eigenvalue weighted by atomic mass is 9.86. The first kappa shape index (κ1) is 27.6. The highest BCUT2D eigenvalue weighted by molar-refractivity contribution is 8.06. The van der Waals surface area contributed by atoms with Gasteiger partial charge in [0.2, 0.25) is 11.9 Å². The van der Waals surface area contributed by atoms with Crippen molar-refractivity contribution in [3.8, 4) is 12.1 Å². The fraction of sp³-hybridized carbons (Fsp3) is 0.517. The fourth-order valence-corrected chi connectivity index (χ4v) is 6.22. The van der Waals surface area contributed by atoms with Gasteiger partial charge >= 0.3 is 0 Å². The number of hydrogen-bond acceptors (Lipinski definition) is 5. The Hall–Kier alpha value is -3.43. The van der Waals surface area contributed by atoms with E-state index in [2.05, 4.69) is 21.9 Å². The van der Waals surface area contributed by atoms with Gasteiger partial charge in [0.25, 0.3) is 0 Å². The number of guanidine groups is 2. The molecule has 1 aromatic carbocycles. The van der Waals surface area contributed by atoms with E-state index in [0.717, 1.165) is 69.3 Å². The van der Waals surface area contributed by atoms with Crippen LogP contribution in [0.5, 0.6) is 0 Å². The van der Waals surface area contributed by atoms with Gasteiger partial charge in [-0.1, -0.05) is 30.3 Å². The minimum atomic E-state index is -0.514. The summed E-state index contributed by atoms with van der Waals surface area (Å²) in [6.07, 6.45) is 6.98. The van der Waals surface area contributed by atoms with Gasteiger partial charge in [0, 0.05) is 54.4 Å². The van der Waals surface area contributed by atoms with E-state index in [0.29, 0.717) is 21.2 Å². The number of rotatable bonds is 3. The molecule has 0 bridgehead atoms. The van der Waals surface area contributed by atoms with Gasteiger partial charge in [-0.3, -0.25) is 0 Å². The van der Waals surface area contributed by atoms with Gasteiger partial charge in [0.05, 0.1) is 29.2 Å². The second-order valence-electron chi connectivity index (χ2n) is 10.3. The largest absolute Gasteiger partial charge is 0.349 e. The average Bonchev–Trinajstić information content (AvgIpc) is 2.95. The van der Waals surface area contributed by atoms with Crippen LogP contribution < -0.4 is 0 Å². The second-order valence-corrected chi connectivity index (χ2v) is 11.3. The molecule has 0 saturated carbocycles. The number of benzene rings is 1. The van der Waals surface area contributed by atoms with E-state index in [1.54, 1.807) is 0 Å². The lowest BCUT2D eigenvalue weighted by Gasteiger charge is -2.34. The minimum absolute atomic E-state index is 0.498. The highest BCUT2D eigenvalue weighted by Gasteiger charge is 2.34. The van der Waals surface area contributed by atoms with Gasteiger partial charge in [0.15, 0.2) is 0 Å². The maximum Gasteiger partial charge on any atom is 0.201 e. The quantitative estimate of drug-likeness (QED) is 0.410. The molecule has 0 unspecified atom stereocenters. The van der Waals surface area contributed by atoms with Crippen LogP contribution in [0.2, 0.25) is 0 Å². The molecule has 0 aromatic heterocycles. The Bertz CT molecular complexity index is 1110. The molecule has 8 nitrogen and oxygen atoms in total. The molecule has 2 saturated heterocycles. The molecule has 3 aliphatic heterocycles. The molecule has 200 valence electrons. The fourth-order valence-electron chi connectivity index (χ4n) is 5.24. The molecule has 0 atom stereocenters. The lowest BCUT2D eigenvalue weighted by Crippen LogP contribution is -2.43. The van der Waals surface area contributed by atoms with E-state index < -0.39 is 5.92 Å². The van der Waals surface area contributed by atoms with Crippen LogP contribution in [0.15, 0.2) is 61.5 Å². The molecule has 0 radical (unpaired) electrons. The highest BCUT2D eigenvalue weighted by atomic mass is 32.2. The van der Waals surface area contributed by atoms with Crippen LogP contribution in [0, 0.1) is 22.7 Å². The van der Waals surface area contributed by atoms with Gasteiger partial charge in [0.1, 0.15) is 10.1 Å². The third kappa shape index (κ3) is 6.16. The zero-order valence-electron chi connectivity index (χ0n) is 23.0. The maximum absolute atomic E-state index is 10.4.